The van der Waals surface area contributed by atoms with Crippen molar-refractivity contribution in [3.8, 4) is 23.0 Å². The largest absolute Gasteiger partial charge is 0.333 e. The minimum Gasteiger partial charge on any atom is -0.333 e. The molecule has 2 aromatic carbocycles. The molecule has 0 aliphatic carbocycles. The summed E-state index contributed by atoms with van der Waals surface area (Å²) in [4.78, 5) is 20.9. The van der Waals surface area contributed by atoms with E-state index >= 15 is 0 Å². The Kier molecular flexibility index (Phi) is 4.40. The highest BCUT2D eigenvalue weighted by Gasteiger charge is 2.17. The topological polar surface area (TPSA) is 80.9 Å². The first-order valence-electron chi connectivity index (χ1n) is 8.13. The van der Waals surface area contributed by atoms with Crippen LogP contribution in [0.15, 0.2) is 77.4 Å². The molecule has 7 heteroatoms. The highest BCUT2D eigenvalue weighted by molar-refractivity contribution is 6.06. The molecule has 6 nitrogen and oxygen atoms in total. The molecule has 0 aliphatic heterocycles. The van der Waals surface area contributed by atoms with Crippen LogP contribution >= 0.6 is 0 Å². The van der Waals surface area contributed by atoms with E-state index in [2.05, 4.69) is 20.4 Å². The highest BCUT2D eigenvalue weighted by Crippen LogP contribution is 2.28. The van der Waals surface area contributed by atoms with Crippen LogP contribution in [-0.2, 0) is 0 Å². The molecule has 0 fully saturated rings. The molecule has 1 N–H and O–H groups in total. The second-order valence-electron chi connectivity index (χ2n) is 5.62. The lowest BCUT2D eigenvalue weighted by molar-refractivity contribution is 0.102. The highest BCUT2D eigenvalue weighted by atomic mass is 19.1. The van der Waals surface area contributed by atoms with E-state index in [1.807, 2.05) is 6.07 Å². The van der Waals surface area contributed by atoms with Gasteiger partial charge in [0.2, 0.25) is 5.82 Å². The first kappa shape index (κ1) is 16.6. The Labute approximate surface area is 153 Å². The van der Waals surface area contributed by atoms with Crippen LogP contribution in [0.25, 0.3) is 23.0 Å². The van der Waals surface area contributed by atoms with Gasteiger partial charge in [0.15, 0.2) is 0 Å². The SMILES string of the molecule is O=C(Nc1ccccc1-c1nc(-c2ccccn2)no1)c1ccccc1F. The minimum absolute atomic E-state index is 0.0491. The summed E-state index contributed by atoms with van der Waals surface area (Å²) >= 11 is 0. The van der Waals surface area contributed by atoms with Crippen LogP contribution in [0.5, 0.6) is 0 Å². The molecule has 0 unspecified atom stereocenters. The van der Waals surface area contributed by atoms with E-state index in [0.29, 0.717) is 22.8 Å². The molecule has 0 saturated heterocycles. The molecule has 0 bridgehead atoms. The molecule has 27 heavy (non-hydrogen) atoms. The predicted molar refractivity (Wildman–Crippen MR) is 97.3 cm³/mol. The third-order valence-corrected chi connectivity index (χ3v) is 3.84. The lowest BCUT2D eigenvalue weighted by Gasteiger charge is -2.09. The zero-order valence-corrected chi connectivity index (χ0v) is 14.0. The van der Waals surface area contributed by atoms with Crippen molar-refractivity contribution in [3.63, 3.8) is 0 Å². The summed E-state index contributed by atoms with van der Waals surface area (Å²) in [7, 11) is 0. The number of amides is 1. The van der Waals surface area contributed by atoms with Crippen molar-refractivity contribution >= 4 is 11.6 Å². The normalized spacial score (nSPS) is 10.6. The zero-order chi connectivity index (χ0) is 18.6. The molecule has 4 aromatic rings. The molecule has 0 atom stereocenters. The van der Waals surface area contributed by atoms with Crippen LogP contribution in [0.2, 0.25) is 0 Å². The second-order valence-corrected chi connectivity index (χ2v) is 5.62. The molecule has 1 amide bonds. The predicted octanol–water partition coefficient (Wildman–Crippen LogP) is 4.19. The average Bonchev–Trinajstić information content (AvgIpc) is 3.19. The number of pyridine rings is 1. The van der Waals surface area contributed by atoms with Gasteiger partial charge in [-0.15, -0.1) is 0 Å². The van der Waals surface area contributed by atoms with Crippen LogP contribution in [0.4, 0.5) is 10.1 Å². The quantitative estimate of drug-likeness (QED) is 0.590. The van der Waals surface area contributed by atoms with Crippen LogP contribution in [0.3, 0.4) is 0 Å². The smallest absolute Gasteiger partial charge is 0.260 e. The molecular formula is C20H13FN4O2. The molecular weight excluding hydrogens is 347 g/mol. The fourth-order valence-corrected chi connectivity index (χ4v) is 2.55. The Morgan fingerprint density at radius 1 is 0.963 bits per heavy atom. The van der Waals surface area contributed by atoms with E-state index in [0.717, 1.165) is 0 Å². The van der Waals surface area contributed by atoms with Gasteiger partial charge in [-0.2, -0.15) is 4.98 Å². The Morgan fingerprint density at radius 2 is 1.74 bits per heavy atom. The van der Waals surface area contributed by atoms with Gasteiger partial charge in [-0.25, -0.2) is 4.39 Å². The second kappa shape index (κ2) is 7.17. The van der Waals surface area contributed by atoms with E-state index in [-0.39, 0.29) is 11.5 Å². The van der Waals surface area contributed by atoms with Gasteiger partial charge in [-0.05, 0) is 36.4 Å². The van der Waals surface area contributed by atoms with Gasteiger partial charge in [0.25, 0.3) is 11.8 Å². The number of anilines is 1. The third kappa shape index (κ3) is 3.43. The van der Waals surface area contributed by atoms with Crippen LogP contribution in [0.1, 0.15) is 10.4 Å². The van der Waals surface area contributed by atoms with Crippen LogP contribution in [-0.4, -0.2) is 21.0 Å². The molecule has 4 rings (SSSR count). The fourth-order valence-electron chi connectivity index (χ4n) is 2.55. The number of halogens is 1. The number of carbonyl (C=O) groups is 1. The Hall–Kier alpha value is -3.87. The Bertz CT molecular complexity index is 1100. The molecule has 2 heterocycles. The Morgan fingerprint density at radius 3 is 2.56 bits per heavy atom. The first-order valence-corrected chi connectivity index (χ1v) is 8.13. The lowest BCUT2D eigenvalue weighted by atomic mass is 10.1. The van der Waals surface area contributed by atoms with E-state index in [9.17, 15) is 9.18 Å². The number of rotatable bonds is 4. The number of para-hydroxylation sites is 1. The third-order valence-electron chi connectivity index (χ3n) is 3.84. The molecule has 0 saturated carbocycles. The monoisotopic (exact) mass is 360 g/mol. The van der Waals surface area contributed by atoms with Gasteiger partial charge < -0.3 is 9.84 Å². The Balaban J connectivity index is 1.65. The number of hydrogen-bond acceptors (Lipinski definition) is 5. The van der Waals surface area contributed by atoms with Gasteiger partial charge in [0.05, 0.1) is 16.8 Å². The average molecular weight is 360 g/mol. The van der Waals surface area contributed by atoms with Gasteiger partial charge in [-0.3, -0.25) is 9.78 Å². The first-order chi connectivity index (χ1) is 13.2. The van der Waals surface area contributed by atoms with Crippen molar-refractivity contribution in [2.24, 2.45) is 0 Å². The van der Waals surface area contributed by atoms with Crippen LogP contribution < -0.4 is 5.32 Å². The summed E-state index contributed by atoms with van der Waals surface area (Å²) in [5.74, 6) is -0.603. The molecule has 132 valence electrons. The van der Waals surface area contributed by atoms with Gasteiger partial charge in [-0.1, -0.05) is 35.5 Å². The van der Waals surface area contributed by atoms with Crippen molar-refractivity contribution in [2.75, 3.05) is 5.32 Å². The van der Waals surface area contributed by atoms with Crippen molar-refractivity contribution < 1.29 is 13.7 Å². The maximum Gasteiger partial charge on any atom is 0.260 e. The van der Waals surface area contributed by atoms with Crippen molar-refractivity contribution in [1.82, 2.24) is 15.1 Å². The van der Waals surface area contributed by atoms with Crippen molar-refractivity contribution in [3.05, 3.63) is 84.3 Å². The maximum atomic E-state index is 13.8. The van der Waals surface area contributed by atoms with Crippen LogP contribution in [0, 0.1) is 5.82 Å². The molecule has 0 radical (unpaired) electrons. The standard InChI is InChI=1S/C20H13FN4O2/c21-15-9-3-1-7-13(15)19(26)23-16-10-4-2-8-14(16)20-24-18(25-27-20)17-11-5-6-12-22-17/h1-12H,(H,23,26). The molecule has 0 aliphatic rings. The molecule has 2 aromatic heterocycles. The minimum atomic E-state index is -0.595. The van der Waals surface area contributed by atoms with Crippen molar-refractivity contribution in [1.29, 1.82) is 0 Å². The van der Waals surface area contributed by atoms with Crippen molar-refractivity contribution in [2.45, 2.75) is 0 Å². The lowest BCUT2D eigenvalue weighted by Crippen LogP contribution is -2.14. The summed E-state index contributed by atoms with van der Waals surface area (Å²) in [5, 5.41) is 6.63. The van der Waals surface area contributed by atoms with E-state index in [1.165, 1.54) is 18.2 Å². The number of nitrogens with one attached hydrogen (secondary N) is 1. The van der Waals surface area contributed by atoms with Gasteiger partial charge in [0, 0.05) is 6.20 Å². The number of aromatic nitrogens is 3. The van der Waals surface area contributed by atoms with Gasteiger partial charge in [0.1, 0.15) is 11.5 Å². The number of hydrogen-bond donors (Lipinski definition) is 1. The van der Waals surface area contributed by atoms with E-state index < -0.39 is 11.7 Å². The fraction of sp³-hybridized carbons (Fsp3) is 0. The maximum absolute atomic E-state index is 13.8. The summed E-state index contributed by atoms with van der Waals surface area (Å²) in [6, 6.07) is 18.1. The number of nitrogens with zero attached hydrogens (tertiary/aromatic N) is 3. The number of carbonyl (C=O) groups excluding carboxylic acids is 1. The van der Waals surface area contributed by atoms with Gasteiger partial charge >= 0.3 is 0 Å². The van der Waals surface area contributed by atoms with E-state index in [4.69, 9.17) is 4.52 Å². The van der Waals surface area contributed by atoms with E-state index in [1.54, 1.807) is 48.7 Å². The summed E-state index contributed by atoms with van der Waals surface area (Å²) in [6.07, 6.45) is 1.63. The summed E-state index contributed by atoms with van der Waals surface area (Å²) in [6.45, 7) is 0. The zero-order valence-electron chi connectivity index (χ0n) is 14.0. The summed E-state index contributed by atoms with van der Waals surface area (Å²) in [5.41, 5.74) is 1.48. The molecule has 0 spiro atoms. The number of benzene rings is 2. The summed E-state index contributed by atoms with van der Waals surface area (Å²) < 4.78 is 19.2.